The summed E-state index contributed by atoms with van der Waals surface area (Å²) in [6.45, 7) is 1.51. The molecule has 0 saturated heterocycles. The van der Waals surface area contributed by atoms with Gasteiger partial charge in [0.2, 0.25) is 0 Å². The summed E-state index contributed by atoms with van der Waals surface area (Å²) in [4.78, 5) is 10.6. The van der Waals surface area contributed by atoms with Gasteiger partial charge >= 0.3 is 0 Å². The van der Waals surface area contributed by atoms with Gasteiger partial charge in [-0.25, -0.2) is 4.39 Å². The van der Waals surface area contributed by atoms with Crippen molar-refractivity contribution in [1.82, 2.24) is 0 Å². The van der Waals surface area contributed by atoms with Crippen LogP contribution in [-0.2, 0) is 4.79 Å². The lowest BCUT2D eigenvalue weighted by atomic mass is 10.2. The lowest BCUT2D eigenvalue weighted by Crippen LogP contribution is -1.87. The van der Waals surface area contributed by atoms with E-state index in [4.69, 9.17) is 5.73 Å². The minimum absolute atomic E-state index is 0.0680. The Bertz CT molecular complexity index is 370. The van der Waals surface area contributed by atoms with Gasteiger partial charge in [0.1, 0.15) is 5.82 Å². The first-order valence-electron chi connectivity index (χ1n) is 4.44. The number of nitrogen functional groups attached to an aromatic ring is 1. The van der Waals surface area contributed by atoms with E-state index in [1.54, 1.807) is 18.2 Å². The Kier molecular flexibility index (Phi) is 4.37. The first kappa shape index (κ1) is 11.8. The molecule has 0 aromatic heterocycles. The Hall–Kier alpha value is -1.29. The predicted octanol–water partition coefficient (Wildman–Crippen LogP) is 2.70. The predicted molar refractivity (Wildman–Crippen MR) is 63.0 cm³/mol. The molecule has 1 aromatic rings. The van der Waals surface area contributed by atoms with Crippen LogP contribution in [0.1, 0.15) is 12.5 Å². The van der Waals surface area contributed by atoms with Crippen LogP contribution in [-0.4, -0.2) is 10.9 Å². The van der Waals surface area contributed by atoms with E-state index in [0.29, 0.717) is 17.0 Å². The summed E-state index contributed by atoms with van der Waals surface area (Å²) >= 11 is 1.21. The van der Waals surface area contributed by atoms with E-state index in [0.717, 1.165) is 0 Å². The Labute approximate surface area is 92.4 Å². The monoisotopic (exact) mass is 225 g/mol. The fraction of sp³-hybridized carbons (Fsp3) is 0.182. The molecule has 0 saturated carbocycles. The molecule has 0 aliphatic rings. The van der Waals surface area contributed by atoms with Crippen molar-refractivity contribution in [3.05, 3.63) is 35.7 Å². The minimum Gasteiger partial charge on any atom is -0.399 e. The van der Waals surface area contributed by atoms with Crippen molar-refractivity contribution in [2.75, 3.05) is 11.5 Å². The SMILES string of the molecule is CC(=O)SCC=Cc1cc(N)cc(F)c1. The van der Waals surface area contributed by atoms with Crippen molar-refractivity contribution in [3.63, 3.8) is 0 Å². The van der Waals surface area contributed by atoms with Crippen molar-refractivity contribution in [2.45, 2.75) is 6.92 Å². The zero-order valence-electron chi connectivity index (χ0n) is 8.37. The minimum atomic E-state index is -0.353. The van der Waals surface area contributed by atoms with Gasteiger partial charge in [-0.3, -0.25) is 4.79 Å². The van der Waals surface area contributed by atoms with Gasteiger partial charge in [-0.15, -0.1) is 0 Å². The van der Waals surface area contributed by atoms with Crippen molar-refractivity contribution in [2.24, 2.45) is 0 Å². The van der Waals surface area contributed by atoms with E-state index in [1.807, 2.05) is 0 Å². The molecule has 0 aliphatic heterocycles. The molecule has 0 aliphatic carbocycles. The van der Waals surface area contributed by atoms with Crippen molar-refractivity contribution in [1.29, 1.82) is 0 Å². The number of halogens is 1. The quantitative estimate of drug-likeness (QED) is 0.804. The summed E-state index contributed by atoms with van der Waals surface area (Å²) in [7, 11) is 0. The average Bonchev–Trinajstić information content (AvgIpc) is 2.10. The molecular weight excluding hydrogens is 213 g/mol. The van der Waals surface area contributed by atoms with E-state index in [1.165, 1.54) is 30.8 Å². The third kappa shape index (κ3) is 4.65. The summed E-state index contributed by atoms with van der Waals surface area (Å²) in [6, 6.07) is 4.34. The summed E-state index contributed by atoms with van der Waals surface area (Å²) < 4.78 is 12.9. The Balaban J connectivity index is 2.60. The van der Waals surface area contributed by atoms with E-state index in [2.05, 4.69) is 0 Å². The van der Waals surface area contributed by atoms with Gasteiger partial charge in [-0.05, 0) is 23.8 Å². The van der Waals surface area contributed by atoms with Crippen molar-refractivity contribution in [3.8, 4) is 0 Å². The van der Waals surface area contributed by atoms with Crippen LogP contribution in [0.4, 0.5) is 10.1 Å². The van der Waals surface area contributed by atoms with Gasteiger partial charge < -0.3 is 5.73 Å². The molecular formula is C11H12FNOS. The van der Waals surface area contributed by atoms with Crippen LogP contribution in [0.25, 0.3) is 6.08 Å². The third-order valence-corrected chi connectivity index (χ3v) is 2.40. The molecule has 2 N–H and O–H groups in total. The fourth-order valence-corrected chi connectivity index (χ4v) is 1.51. The maximum Gasteiger partial charge on any atom is 0.186 e. The molecule has 1 rings (SSSR count). The Morgan fingerprint density at radius 2 is 2.27 bits per heavy atom. The highest BCUT2D eigenvalue weighted by Gasteiger charge is 1.95. The number of rotatable bonds is 3. The van der Waals surface area contributed by atoms with Crippen molar-refractivity contribution < 1.29 is 9.18 Å². The first-order valence-corrected chi connectivity index (χ1v) is 5.42. The molecule has 0 spiro atoms. The third-order valence-electron chi connectivity index (χ3n) is 1.64. The zero-order chi connectivity index (χ0) is 11.3. The molecule has 0 radical (unpaired) electrons. The number of hydrogen-bond acceptors (Lipinski definition) is 3. The smallest absolute Gasteiger partial charge is 0.186 e. The lowest BCUT2D eigenvalue weighted by Gasteiger charge is -1.97. The highest BCUT2D eigenvalue weighted by molar-refractivity contribution is 8.13. The summed E-state index contributed by atoms with van der Waals surface area (Å²) in [5, 5.41) is 0.0680. The Morgan fingerprint density at radius 3 is 2.87 bits per heavy atom. The van der Waals surface area contributed by atoms with E-state index < -0.39 is 0 Å². The molecule has 2 nitrogen and oxygen atoms in total. The van der Waals surface area contributed by atoms with Gasteiger partial charge in [0, 0.05) is 18.4 Å². The van der Waals surface area contributed by atoms with E-state index in [-0.39, 0.29) is 10.9 Å². The second kappa shape index (κ2) is 5.56. The van der Waals surface area contributed by atoms with Crippen LogP contribution in [0, 0.1) is 5.82 Å². The molecule has 80 valence electrons. The van der Waals surface area contributed by atoms with Crippen LogP contribution < -0.4 is 5.73 Å². The molecule has 0 amide bonds. The Morgan fingerprint density at radius 1 is 1.53 bits per heavy atom. The lowest BCUT2D eigenvalue weighted by molar-refractivity contribution is -0.109. The van der Waals surface area contributed by atoms with Crippen LogP contribution >= 0.6 is 11.8 Å². The second-order valence-electron chi connectivity index (χ2n) is 3.02. The highest BCUT2D eigenvalue weighted by atomic mass is 32.2. The second-order valence-corrected chi connectivity index (χ2v) is 4.22. The topological polar surface area (TPSA) is 43.1 Å². The molecule has 1 aromatic carbocycles. The first-order chi connectivity index (χ1) is 7.08. The number of carbonyl (C=O) groups is 1. The zero-order valence-corrected chi connectivity index (χ0v) is 9.18. The van der Waals surface area contributed by atoms with Crippen LogP contribution in [0.15, 0.2) is 24.3 Å². The number of hydrogen-bond donors (Lipinski definition) is 1. The molecule has 0 heterocycles. The summed E-state index contributed by atoms with van der Waals surface area (Å²) in [5.41, 5.74) is 6.58. The van der Waals surface area contributed by atoms with Gasteiger partial charge in [0.15, 0.2) is 5.12 Å². The molecule has 0 bridgehead atoms. The summed E-state index contributed by atoms with van der Waals surface area (Å²) in [5.74, 6) is 0.236. The number of thioether (sulfide) groups is 1. The van der Waals surface area contributed by atoms with E-state index >= 15 is 0 Å². The largest absolute Gasteiger partial charge is 0.399 e. The molecule has 0 fully saturated rings. The van der Waals surface area contributed by atoms with Crippen LogP contribution in [0.3, 0.4) is 0 Å². The average molecular weight is 225 g/mol. The molecule has 0 atom stereocenters. The van der Waals surface area contributed by atoms with Gasteiger partial charge in [-0.1, -0.05) is 23.9 Å². The van der Waals surface area contributed by atoms with Crippen LogP contribution in [0.5, 0.6) is 0 Å². The molecule has 15 heavy (non-hydrogen) atoms. The standard InChI is InChI=1S/C11H12FNOS/c1-8(14)15-4-2-3-9-5-10(12)7-11(13)6-9/h2-3,5-7H,4,13H2,1H3. The van der Waals surface area contributed by atoms with Crippen LogP contribution in [0.2, 0.25) is 0 Å². The number of carbonyl (C=O) groups excluding carboxylic acids is 1. The maximum atomic E-state index is 12.9. The van der Waals surface area contributed by atoms with Gasteiger partial charge in [0.05, 0.1) is 0 Å². The van der Waals surface area contributed by atoms with Gasteiger partial charge in [-0.2, -0.15) is 0 Å². The van der Waals surface area contributed by atoms with E-state index in [9.17, 15) is 9.18 Å². The number of nitrogens with two attached hydrogens (primary N) is 1. The fourth-order valence-electron chi connectivity index (χ4n) is 1.08. The highest BCUT2D eigenvalue weighted by Crippen LogP contribution is 2.12. The summed E-state index contributed by atoms with van der Waals surface area (Å²) in [6.07, 6.45) is 3.55. The number of anilines is 1. The maximum absolute atomic E-state index is 12.9. The normalized spacial score (nSPS) is 10.8. The number of benzene rings is 1. The van der Waals surface area contributed by atoms with Gasteiger partial charge in [0.25, 0.3) is 0 Å². The molecule has 0 unspecified atom stereocenters. The van der Waals surface area contributed by atoms with Crippen molar-refractivity contribution >= 4 is 28.6 Å². The molecule has 4 heteroatoms.